The number of hydrogen-bond acceptors (Lipinski definition) is 4. The summed E-state index contributed by atoms with van der Waals surface area (Å²) in [6.07, 6.45) is 0. The van der Waals surface area contributed by atoms with Crippen molar-refractivity contribution in [3.05, 3.63) is 0 Å². The van der Waals surface area contributed by atoms with E-state index >= 15 is 0 Å². The molecule has 72 valence electrons. The fourth-order valence-corrected chi connectivity index (χ4v) is 0.667. The molecule has 0 atom stereocenters. The van der Waals surface area contributed by atoms with Gasteiger partial charge in [0.2, 0.25) is 0 Å². The molecule has 0 amide bonds. The van der Waals surface area contributed by atoms with Gasteiger partial charge in [0.15, 0.2) is 0 Å². The van der Waals surface area contributed by atoms with Gasteiger partial charge in [-0.05, 0) is 6.54 Å². The zero-order chi connectivity index (χ0) is 9.23. The first-order chi connectivity index (χ1) is 5.77. The van der Waals surface area contributed by atoms with Gasteiger partial charge in [-0.2, -0.15) is 0 Å². The lowest BCUT2D eigenvalue weighted by Crippen LogP contribution is -2.20. The molecule has 1 N–H and O–H groups in total. The third-order valence-electron chi connectivity index (χ3n) is 1.21. The highest BCUT2D eigenvalue weighted by atomic mass is 16.6. The van der Waals surface area contributed by atoms with Crippen LogP contribution in [0.2, 0.25) is 0 Å². The van der Waals surface area contributed by atoms with Gasteiger partial charge in [0, 0.05) is 13.5 Å². The number of carbonyl (C=O) groups is 1. The number of nitrogens with one attached hydrogen (secondary N) is 1. The highest BCUT2D eigenvalue weighted by Gasteiger charge is 1.91. The van der Waals surface area contributed by atoms with Crippen LogP contribution in [0.4, 0.5) is 0 Å². The minimum atomic E-state index is -0.259. The van der Waals surface area contributed by atoms with Gasteiger partial charge in [-0.15, -0.1) is 0 Å². The number of hydrogen-bond donors (Lipinski definition) is 1. The predicted molar refractivity (Wildman–Crippen MR) is 46.0 cm³/mol. The summed E-state index contributed by atoms with van der Waals surface area (Å²) in [5, 5.41) is 3.12. The number of carbonyl (C=O) groups excluding carboxylic acids is 1. The molecule has 0 aliphatic carbocycles. The fourth-order valence-electron chi connectivity index (χ4n) is 0.667. The third kappa shape index (κ3) is 9.39. The van der Waals surface area contributed by atoms with Crippen LogP contribution in [0.1, 0.15) is 13.8 Å². The van der Waals surface area contributed by atoms with E-state index in [2.05, 4.69) is 10.1 Å². The highest BCUT2D eigenvalue weighted by molar-refractivity contribution is 5.65. The normalized spacial score (nSPS) is 9.83. The smallest absolute Gasteiger partial charge is 0.302 e. The molecular weight excluding hydrogens is 158 g/mol. The summed E-state index contributed by atoms with van der Waals surface area (Å²) in [4.78, 5) is 10.3. The standard InChI is InChI=1S/C8H17NO3/c1-3-9-4-5-11-6-7-12-8(2)10/h9H,3-7H2,1-2H3. The summed E-state index contributed by atoms with van der Waals surface area (Å²) in [7, 11) is 0. The zero-order valence-corrected chi connectivity index (χ0v) is 7.76. The van der Waals surface area contributed by atoms with Crippen molar-refractivity contribution in [2.75, 3.05) is 32.9 Å². The van der Waals surface area contributed by atoms with E-state index in [-0.39, 0.29) is 5.97 Å². The lowest BCUT2D eigenvalue weighted by molar-refractivity contribution is -0.142. The fraction of sp³-hybridized carbons (Fsp3) is 0.875. The van der Waals surface area contributed by atoms with Crippen LogP contribution in [-0.4, -0.2) is 38.9 Å². The topological polar surface area (TPSA) is 47.6 Å². The van der Waals surface area contributed by atoms with Crippen LogP contribution >= 0.6 is 0 Å². The van der Waals surface area contributed by atoms with Gasteiger partial charge in [0.05, 0.1) is 13.2 Å². The Morgan fingerprint density at radius 2 is 2.08 bits per heavy atom. The molecule has 0 bridgehead atoms. The van der Waals surface area contributed by atoms with E-state index in [0.29, 0.717) is 19.8 Å². The Bertz CT molecular complexity index is 117. The number of ether oxygens (including phenoxy) is 2. The molecule has 4 heteroatoms. The van der Waals surface area contributed by atoms with Gasteiger partial charge in [-0.25, -0.2) is 0 Å². The van der Waals surface area contributed by atoms with E-state index in [0.717, 1.165) is 13.1 Å². The first-order valence-corrected chi connectivity index (χ1v) is 4.19. The molecule has 0 fully saturated rings. The van der Waals surface area contributed by atoms with Gasteiger partial charge < -0.3 is 14.8 Å². The van der Waals surface area contributed by atoms with E-state index in [1.165, 1.54) is 6.92 Å². The molecule has 0 aliphatic rings. The summed E-state index contributed by atoms with van der Waals surface area (Å²) in [5.74, 6) is -0.259. The van der Waals surface area contributed by atoms with Crippen molar-refractivity contribution in [3.8, 4) is 0 Å². The molecule has 0 radical (unpaired) electrons. The van der Waals surface area contributed by atoms with Crippen molar-refractivity contribution in [2.24, 2.45) is 0 Å². The molecule has 0 aliphatic heterocycles. The average molecular weight is 175 g/mol. The van der Waals surface area contributed by atoms with Crippen LogP contribution in [0.25, 0.3) is 0 Å². The quantitative estimate of drug-likeness (QED) is 0.443. The van der Waals surface area contributed by atoms with Gasteiger partial charge in [0.1, 0.15) is 6.61 Å². The van der Waals surface area contributed by atoms with Crippen LogP contribution in [0.15, 0.2) is 0 Å². The third-order valence-corrected chi connectivity index (χ3v) is 1.21. The van der Waals surface area contributed by atoms with Crippen molar-refractivity contribution < 1.29 is 14.3 Å². The molecule has 0 aromatic rings. The van der Waals surface area contributed by atoms with Crippen LogP contribution in [0.3, 0.4) is 0 Å². The molecule has 4 nitrogen and oxygen atoms in total. The number of rotatable bonds is 7. The molecule has 12 heavy (non-hydrogen) atoms. The molecule has 0 rings (SSSR count). The average Bonchev–Trinajstić information content (AvgIpc) is 2.02. The maximum Gasteiger partial charge on any atom is 0.302 e. The van der Waals surface area contributed by atoms with Crippen LogP contribution in [0, 0.1) is 0 Å². The Hall–Kier alpha value is -0.610. The molecule has 0 aromatic carbocycles. The maximum absolute atomic E-state index is 10.3. The van der Waals surface area contributed by atoms with E-state index in [1.54, 1.807) is 0 Å². The second-order valence-corrected chi connectivity index (χ2v) is 2.31. The highest BCUT2D eigenvalue weighted by Crippen LogP contribution is 1.78. The Morgan fingerprint density at radius 1 is 1.33 bits per heavy atom. The Balaban J connectivity index is 2.86. The molecule has 0 saturated heterocycles. The second-order valence-electron chi connectivity index (χ2n) is 2.31. The molecular formula is C8H17NO3. The lowest BCUT2D eigenvalue weighted by atomic mass is 10.6. The van der Waals surface area contributed by atoms with Crippen molar-refractivity contribution in [1.29, 1.82) is 0 Å². The summed E-state index contributed by atoms with van der Waals surface area (Å²) < 4.78 is 9.81. The van der Waals surface area contributed by atoms with Crippen molar-refractivity contribution in [1.82, 2.24) is 5.32 Å². The minimum absolute atomic E-state index is 0.259. The van der Waals surface area contributed by atoms with Crippen LogP contribution in [0.5, 0.6) is 0 Å². The largest absolute Gasteiger partial charge is 0.463 e. The Morgan fingerprint density at radius 3 is 2.67 bits per heavy atom. The van der Waals surface area contributed by atoms with Gasteiger partial charge in [0.25, 0.3) is 0 Å². The van der Waals surface area contributed by atoms with Gasteiger partial charge in [-0.3, -0.25) is 4.79 Å². The summed E-state index contributed by atoms with van der Waals surface area (Å²) in [6, 6.07) is 0. The molecule has 0 unspecified atom stereocenters. The predicted octanol–water partition coefficient (Wildman–Crippen LogP) is 0.176. The minimum Gasteiger partial charge on any atom is -0.463 e. The molecule has 0 heterocycles. The second kappa shape index (κ2) is 8.49. The Kier molecular flexibility index (Phi) is 8.05. The van der Waals surface area contributed by atoms with Crippen molar-refractivity contribution >= 4 is 5.97 Å². The lowest BCUT2D eigenvalue weighted by Gasteiger charge is -2.04. The van der Waals surface area contributed by atoms with E-state index in [1.807, 2.05) is 6.92 Å². The summed E-state index contributed by atoms with van der Waals surface area (Å²) >= 11 is 0. The van der Waals surface area contributed by atoms with Crippen molar-refractivity contribution in [2.45, 2.75) is 13.8 Å². The van der Waals surface area contributed by atoms with E-state index in [9.17, 15) is 4.79 Å². The van der Waals surface area contributed by atoms with Crippen LogP contribution in [-0.2, 0) is 14.3 Å². The molecule has 0 aromatic heterocycles. The first kappa shape index (κ1) is 11.4. The Labute approximate surface area is 73.2 Å². The van der Waals surface area contributed by atoms with E-state index < -0.39 is 0 Å². The van der Waals surface area contributed by atoms with Crippen LogP contribution < -0.4 is 5.32 Å². The number of likely N-dealkylation sites (N-methyl/N-ethyl adjacent to an activating group) is 1. The van der Waals surface area contributed by atoms with Gasteiger partial charge >= 0.3 is 5.97 Å². The SMILES string of the molecule is CCNCCOCCOC(C)=O. The van der Waals surface area contributed by atoms with E-state index in [4.69, 9.17) is 4.74 Å². The zero-order valence-electron chi connectivity index (χ0n) is 7.76. The summed E-state index contributed by atoms with van der Waals surface area (Å²) in [5.41, 5.74) is 0. The van der Waals surface area contributed by atoms with Crippen molar-refractivity contribution in [3.63, 3.8) is 0 Å². The maximum atomic E-state index is 10.3. The monoisotopic (exact) mass is 175 g/mol. The molecule has 0 saturated carbocycles. The number of esters is 1. The van der Waals surface area contributed by atoms with Gasteiger partial charge in [-0.1, -0.05) is 6.92 Å². The first-order valence-electron chi connectivity index (χ1n) is 4.19. The molecule has 0 spiro atoms. The summed E-state index contributed by atoms with van der Waals surface area (Å²) in [6.45, 7) is 6.71.